The Bertz CT molecular complexity index is 490. The van der Waals surface area contributed by atoms with Crippen LogP contribution in [-0.4, -0.2) is 30.1 Å². The topological polar surface area (TPSA) is 15.3 Å². The van der Waals surface area contributed by atoms with E-state index in [1.807, 2.05) is 0 Å². The van der Waals surface area contributed by atoms with Gasteiger partial charge in [-0.15, -0.1) is 0 Å². The van der Waals surface area contributed by atoms with Crippen LogP contribution in [0.1, 0.15) is 57.7 Å². The van der Waals surface area contributed by atoms with Gasteiger partial charge in [-0.2, -0.15) is 0 Å². The van der Waals surface area contributed by atoms with Crippen molar-refractivity contribution in [1.29, 1.82) is 0 Å². The molecule has 2 nitrogen and oxygen atoms in total. The van der Waals surface area contributed by atoms with E-state index in [1.165, 1.54) is 12.8 Å². The predicted octanol–water partition coefficient (Wildman–Crippen LogP) is 3.48. The van der Waals surface area contributed by atoms with Gasteiger partial charge in [-0.05, 0) is 43.2 Å². The third-order valence-electron chi connectivity index (χ3n) is 5.33. The minimum Gasteiger partial charge on any atom is -0.314 e. The van der Waals surface area contributed by atoms with Crippen LogP contribution in [-0.2, 0) is 5.41 Å². The Morgan fingerprint density at radius 1 is 1.15 bits per heavy atom. The molecule has 0 saturated carbocycles. The molecule has 3 rings (SSSR count). The first kappa shape index (κ1) is 14.1. The normalized spacial score (nSPS) is 28.9. The van der Waals surface area contributed by atoms with Crippen molar-refractivity contribution in [2.24, 2.45) is 0 Å². The van der Waals surface area contributed by atoms with Gasteiger partial charge in [-0.1, -0.05) is 38.1 Å². The van der Waals surface area contributed by atoms with Gasteiger partial charge in [-0.3, -0.25) is 4.90 Å². The first-order valence-electron chi connectivity index (χ1n) is 7.99. The molecule has 0 spiro atoms. The van der Waals surface area contributed by atoms with Crippen LogP contribution in [0, 0.1) is 0 Å². The number of nitrogens with zero attached hydrogens (tertiary/aromatic N) is 1. The van der Waals surface area contributed by atoms with Crippen LogP contribution in [0.15, 0.2) is 24.3 Å². The Balaban J connectivity index is 1.99. The Morgan fingerprint density at radius 3 is 2.65 bits per heavy atom. The van der Waals surface area contributed by atoms with Crippen molar-refractivity contribution in [3.8, 4) is 0 Å². The number of fused-ring (bicyclic) bond motifs is 1. The highest BCUT2D eigenvalue weighted by molar-refractivity contribution is 5.38. The fraction of sp³-hybridized carbons (Fsp3) is 0.667. The summed E-state index contributed by atoms with van der Waals surface area (Å²) in [6.07, 6.45) is 2.57. The molecule has 1 heterocycles. The van der Waals surface area contributed by atoms with E-state index in [1.54, 1.807) is 11.1 Å². The monoisotopic (exact) mass is 272 g/mol. The van der Waals surface area contributed by atoms with Crippen LogP contribution >= 0.6 is 0 Å². The molecular weight excluding hydrogens is 244 g/mol. The van der Waals surface area contributed by atoms with E-state index in [4.69, 9.17) is 0 Å². The second-order valence-corrected chi connectivity index (χ2v) is 7.71. The molecule has 110 valence electrons. The van der Waals surface area contributed by atoms with Gasteiger partial charge in [0.2, 0.25) is 0 Å². The SMILES string of the molecule is CC1(C)CCC(N2CCNCC2(C)C)c2ccccc21. The highest BCUT2D eigenvalue weighted by atomic mass is 15.3. The Kier molecular flexibility index (Phi) is 3.42. The summed E-state index contributed by atoms with van der Waals surface area (Å²) in [4.78, 5) is 2.73. The van der Waals surface area contributed by atoms with E-state index in [-0.39, 0.29) is 5.54 Å². The number of hydrogen-bond acceptors (Lipinski definition) is 2. The molecule has 0 amide bonds. The molecule has 1 aromatic rings. The molecule has 0 aromatic heterocycles. The van der Waals surface area contributed by atoms with E-state index in [0.717, 1.165) is 19.6 Å². The average molecular weight is 272 g/mol. The molecular formula is C18H28N2. The first-order chi connectivity index (χ1) is 9.42. The van der Waals surface area contributed by atoms with Crippen molar-refractivity contribution in [2.75, 3.05) is 19.6 Å². The summed E-state index contributed by atoms with van der Waals surface area (Å²) in [6, 6.07) is 9.71. The Hall–Kier alpha value is -0.860. The highest BCUT2D eigenvalue weighted by Crippen LogP contribution is 2.45. The van der Waals surface area contributed by atoms with E-state index in [9.17, 15) is 0 Å². The maximum Gasteiger partial charge on any atom is 0.0357 e. The van der Waals surface area contributed by atoms with Crippen LogP contribution in [0.25, 0.3) is 0 Å². The van der Waals surface area contributed by atoms with Gasteiger partial charge in [0.1, 0.15) is 0 Å². The third kappa shape index (κ3) is 2.29. The van der Waals surface area contributed by atoms with Crippen LogP contribution in [0.3, 0.4) is 0 Å². The predicted molar refractivity (Wildman–Crippen MR) is 85.1 cm³/mol. The number of benzene rings is 1. The summed E-state index contributed by atoms with van der Waals surface area (Å²) in [5.41, 5.74) is 3.70. The minimum atomic E-state index is 0.248. The van der Waals surface area contributed by atoms with Crippen LogP contribution in [0.2, 0.25) is 0 Å². The van der Waals surface area contributed by atoms with Gasteiger partial charge in [0.05, 0.1) is 0 Å². The molecule has 2 aliphatic rings. The summed E-state index contributed by atoms with van der Waals surface area (Å²) in [7, 11) is 0. The molecule has 1 unspecified atom stereocenters. The van der Waals surface area contributed by atoms with Gasteiger partial charge < -0.3 is 5.32 Å². The van der Waals surface area contributed by atoms with E-state index >= 15 is 0 Å². The summed E-state index contributed by atoms with van der Waals surface area (Å²) in [5, 5.41) is 3.54. The van der Waals surface area contributed by atoms with Gasteiger partial charge in [0.25, 0.3) is 0 Å². The largest absolute Gasteiger partial charge is 0.314 e. The molecule has 1 N–H and O–H groups in total. The fourth-order valence-corrected chi connectivity index (χ4v) is 4.09. The van der Waals surface area contributed by atoms with Crippen LogP contribution in [0.4, 0.5) is 0 Å². The van der Waals surface area contributed by atoms with Crippen molar-refractivity contribution in [3.63, 3.8) is 0 Å². The maximum absolute atomic E-state index is 3.54. The van der Waals surface area contributed by atoms with Crippen LogP contribution < -0.4 is 5.32 Å². The van der Waals surface area contributed by atoms with Gasteiger partial charge >= 0.3 is 0 Å². The minimum absolute atomic E-state index is 0.248. The van der Waals surface area contributed by atoms with E-state index < -0.39 is 0 Å². The molecule has 1 atom stereocenters. The summed E-state index contributed by atoms with van der Waals surface area (Å²) < 4.78 is 0. The lowest BCUT2D eigenvalue weighted by Gasteiger charge is -2.50. The number of hydrogen-bond donors (Lipinski definition) is 1. The zero-order valence-corrected chi connectivity index (χ0v) is 13.4. The lowest BCUT2D eigenvalue weighted by Crippen LogP contribution is -2.59. The number of piperazine rings is 1. The standard InChI is InChI=1S/C18H28N2/c1-17(2)10-9-16(14-7-5-6-8-15(14)17)20-12-11-19-13-18(20,3)4/h5-8,16,19H,9-13H2,1-4H3. The zero-order chi connectivity index (χ0) is 14.4. The van der Waals surface area contributed by atoms with Gasteiger partial charge in [0.15, 0.2) is 0 Å². The summed E-state index contributed by atoms with van der Waals surface area (Å²) in [5.74, 6) is 0. The maximum atomic E-state index is 3.54. The molecule has 1 aliphatic carbocycles. The summed E-state index contributed by atoms with van der Waals surface area (Å²) >= 11 is 0. The quantitative estimate of drug-likeness (QED) is 0.842. The number of nitrogens with one attached hydrogen (secondary N) is 1. The molecule has 1 fully saturated rings. The molecule has 1 saturated heterocycles. The van der Waals surface area contributed by atoms with Crippen LogP contribution in [0.5, 0.6) is 0 Å². The second kappa shape index (κ2) is 4.85. The molecule has 1 aromatic carbocycles. The molecule has 0 radical (unpaired) electrons. The molecule has 2 heteroatoms. The van der Waals surface area contributed by atoms with Crippen molar-refractivity contribution < 1.29 is 0 Å². The first-order valence-corrected chi connectivity index (χ1v) is 7.99. The van der Waals surface area contributed by atoms with Crippen molar-refractivity contribution in [1.82, 2.24) is 10.2 Å². The molecule has 1 aliphatic heterocycles. The fourth-order valence-electron chi connectivity index (χ4n) is 4.09. The zero-order valence-electron chi connectivity index (χ0n) is 13.4. The average Bonchev–Trinajstić information content (AvgIpc) is 2.40. The smallest absolute Gasteiger partial charge is 0.0357 e. The Morgan fingerprint density at radius 2 is 1.90 bits per heavy atom. The molecule has 0 bridgehead atoms. The van der Waals surface area contributed by atoms with Crippen molar-refractivity contribution >= 4 is 0 Å². The lowest BCUT2D eigenvalue weighted by atomic mass is 9.70. The highest BCUT2D eigenvalue weighted by Gasteiger charge is 2.40. The second-order valence-electron chi connectivity index (χ2n) is 7.71. The van der Waals surface area contributed by atoms with E-state index in [2.05, 4.69) is 62.2 Å². The van der Waals surface area contributed by atoms with Gasteiger partial charge in [-0.25, -0.2) is 0 Å². The van der Waals surface area contributed by atoms with E-state index in [0.29, 0.717) is 11.5 Å². The summed E-state index contributed by atoms with van der Waals surface area (Å²) in [6.45, 7) is 12.9. The molecule has 20 heavy (non-hydrogen) atoms. The van der Waals surface area contributed by atoms with Crippen molar-refractivity contribution in [3.05, 3.63) is 35.4 Å². The Labute approximate surface area is 123 Å². The van der Waals surface area contributed by atoms with Crippen molar-refractivity contribution in [2.45, 2.75) is 57.5 Å². The third-order valence-corrected chi connectivity index (χ3v) is 5.33. The van der Waals surface area contributed by atoms with Gasteiger partial charge in [0, 0.05) is 31.2 Å². The number of rotatable bonds is 1. The lowest BCUT2D eigenvalue weighted by molar-refractivity contribution is 0.0318.